The van der Waals surface area contributed by atoms with Crippen LogP contribution in [0.5, 0.6) is 5.75 Å². The second kappa shape index (κ2) is 9.62. The molecule has 0 saturated carbocycles. The number of benzene rings is 2. The number of hydrogen-bond acceptors (Lipinski definition) is 6. The molecule has 0 fully saturated rings. The Hall–Kier alpha value is -2.78. The maximum Gasteiger partial charge on any atom is 0.313 e. The zero-order chi connectivity index (χ0) is 20.8. The van der Waals surface area contributed by atoms with Crippen LogP contribution in [0.15, 0.2) is 68.8 Å². The quantitative estimate of drug-likeness (QED) is 0.240. The molecule has 0 aliphatic carbocycles. The third-order valence-corrected chi connectivity index (χ3v) is 5.03. The fourth-order valence-corrected chi connectivity index (χ4v) is 4.00. The van der Waals surface area contributed by atoms with E-state index in [0.29, 0.717) is 12.4 Å². The second-order valence-corrected chi connectivity index (χ2v) is 7.80. The van der Waals surface area contributed by atoms with E-state index in [1.54, 1.807) is 0 Å². The molecule has 9 heteroatoms. The Morgan fingerprint density at radius 2 is 1.97 bits per heavy atom. The number of hydrogen-bond donors (Lipinski definition) is 1. The zero-order valence-corrected chi connectivity index (χ0v) is 18.5. The highest BCUT2D eigenvalue weighted by Crippen LogP contribution is 2.35. The molecule has 0 bridgehead atoms. The van der Waals surface area contributed by atoms with Crippen LogP contribution in [0.1, 0.15) is 16.7 Å². The minimum atomic E-state index is -0.515. The molecule has 3 rings (SSSR count). The summed E-state index contributed by atoms with van der Waals surface area (Å²) in [5.74, 6) is 0.752. The molecule has 29 heavy (non-hydrogen) atoms. The van der Waals surface area contributed by atoms with Crippen LogP contribution in [-0.4, -0.2) is 16.1 Å². The van der Waals surface area contributed by atoms with Crippen LogP contribution in [0.25, 0.3) is 0 Å². The molecule has 0 spiro atoms. The molecule has 1 aromatic heterocycles. The Morgan fingerprint density at radius 3 is 2.66 bits per heavy atom. The lowest BCUT2D eigenvalue weighted by molar-refractivity contribution is -0.384. The molecule has 0 aliphatic heterocycles. The van der Waals surface area contributed by atoms with E-state index >= 15 is 0 Å². The molecule has 0 atom stereocenters. The molecular weight excluding hydrogens is 504 g/mol. The smallest absolute Gasteiger partial charge is 0.313 e. The van der Waals surface area contributed by atoms with Crippen molar-refractivity contribution in [2.75, 3.05) is 5.43 Å². The number of aromatic nitrogens is 1. The number of halogens is 2. The fourth-order valence-electron chi connectivity index (χ4n) is 2.55. The molecule has 0 amide bonds. The van der Waals surface area contributed by atoms with Gasteiger partial charge in [0.1, 0.15) is 12.4 Å². The van der Waals surface area contributed by atoms with Crippen molar-refractivity contribution in [1.82, 2.24) is 4.98 Å². The van der Waals surface area contributed by atoms with Gasteiger partial charge < -0.3 is 4.74 Å². The third kappa shape index (κ3) is 5.61. The maximum atomic E-state index is 11.0. The summed E-state index contributed by atoms with van der Waals surface area (Å²) in [6.45, 7) is 2.48. The molecule has 0 aliphatic rings. The Balaban J connectivity index is 1.70. The molecule has 7 nitrogen and oxygen atoms in total. The first-order chi connectivity index (χ1) is 13.9. The molecule has 3 aromatic rings. The number of nitrogens with one attached hydrogen (secondary N) is 1. The number of ether oxygens (including phenoxy) is 1. The second-order valence-electron chi connectivity index (χ2n) is 6.09. The molecule has 0 unspecified atom stereocenters. The van der Waals surface area contributed by atoms with Crippen LogP contribution >= 0.6 is 31.9 Å². The topological polar surface area (TPSA) is 89.7 Å². The predicted octanol–water partition coefficient (Wildman–Crippen LogP) is 5.85. The summed E-state index contributed by atoms with van der Waals surface area (Å²) in [6.07, 6.45) is 3.00. The number of aryl methyl sites for hydroxylation is 1. The van der Waals surface area contributed by atoms with Crippen LogP contribution in [-0.2, 0) is 6.61 Å². The van der Waals surface area contributed by atoms with Crippen LogP contribution < -0.4 is 10.2 Å². The Bertz CT molecular complexity index is 1050. The average Bonchev–Trinajstić information content (AvgIpc) is 2.67. The SMILES string of the molecule is Cc1cccc(COc2c(Br)cc(/C=N\Nc3ncccc3[N+](=O)[O-])cc2Br)c1. The molecule has 1 N–H and O–H groups in total. The Kier molecular flexibility index (Phi) is 6.95. The van der Waals surface area contributed by atoms with Crippen LogP contribution in [0.3, 0.4) is 0 Å². The fraction of sp³-hybridized carbons (Fsp3) is 0.100. The van der Waals surface area contributed by atoms with Crippen LogP contribution in [0, 0.1) is 17.0 Å². The normalized spacial score (nSPS) is 10.9. The van der Waals surface area contributed by atoms with E-state index in [1.165, 1.54) is 30.1 Å². The summed E-state index contributed by atoms with van der Waals surface area (Å²) in [5.41, 5.74) is 5.48. The summed E-state index contributed by atoms with van der Waals surface area (Å²) in [6, 6.07) is 14.7. The number of hydrazone groups is 1. The van der Waals surface area contributed by atoms with Crippen molar-refractivity contribution < 1.29 is 9.66 Å². The first-order valence-corrected chi connectivity index (χ1v) is 10.1. The van der Waals surface area contributed by atoms with Gasteiger partial charge in [-0.25, -0.2) is 4.98 Å². The predicted molar refractivity (Wildman–Crippen MR) is 119 cm³/mol. The van der Waals surface area contributed by atoms with E-state index in [-0.39, 0.29) is 11.5 Å². The van der Waals surface area contributed by atoms with Crippen molar-refractivity contribution in [3.8, 4) is 5.75 Å². The van der Waals surface area contributed by atoms with Gasteiger partial charge in [0, 0.05) is 12.3 Å². The Morgan fingerprint density at radius 1 is 1.21 bits per heavy atom. The van der Waals surface area contributed by atoms with Crippen molar-refractivity contribution in [2.45, 2.75) is 13.5 Å². The van der Waals surface area contributed by atoms with Crippen molar-refractivity contribution in [1.29, 1.82) is 0 Å². The molecule has 148 valence electrons. The standard InChI is InChI=1S/C20H16Br2N4O3/c1-13-4-2-5-14(8-13)12-29-19-16(21)9-15(10-17(19)22)11-24-25-20-18(26(27)28)6-3-7-23-20/h2-11H,12H2,1H3,(H,23,25)/b24-11-. The lowest BCUT2D eigenvalue weighted by Crippen LogP contribution is -2.00. The number of pyridine rings is 1. The van der Waals surface area contributed by atoms with Crippen molar-refractivity contribution in [3.63, 3.8) is 0 Å². The van der Waals surface area contributed by atoms with Gasteiger partial charge in [-0.15, -0.1) is 0 Å². The van der Waals surface area contributed by atoms with Gasteiger partial charge >= 0.3 is 5.69 Å². The minimum Gasteiger partial charge on any atom is -0.487 e. The van der Waals surface area contributed by atoms with Crippen molar-refractivity contribution >= 4 is 49.6 Å². The van der Waals surface area contributed by atoms with E-state index in [2.05, 4.69) is 53.4 Å². The van der Waals surface area contributed by atoms with E-state index in [0.717, 1.165) is 20.1 Å². The third-order valence-electron chi connectivity index (χ3n) is 3.85. The number of nitro groups is 1. The average molecular weight is 520 g/mol. The minimum absolute atomic E-state index is 0.0741. The number of nitrogens with zero attached hydrogens (tertiary/aromatic N) is 3. The maximum absolute atomic E-state index is 11.0. The van der Waals surface area contributed by atoms with Crippen molar-refractivity contribution in [2.24, 2.45) is 5.10 Å². The summed E-state index contributed by atoms with van der Waals surface area (Å²) in [5, 5.41) is 15.1. The van der Waals surface area contributed by atoms with Gasteiger partial charge in [-0.1, -0.05) is 29.8 Å². The first-order valence-electron chi connectivity index (χ1n) is 8.50. The van der Waals surface area contributed by atoms with E-state index in [9.17, 15) is 10.1 Å². The van der Waals surface area contributed by atoms with E-state index in [4.69, 9.17) is 4.74 Å². The number of anilines is 1. The van der Waals surface area contributed by atoms with Gasteiger partial charge in [-0.3, -0.25) is 15.5 Å². The van der Waals surface area contributed by atoms with E-state index in [1.807, 2.05) is 37.3 Å². The monoisotopic (exact) mass is 518 g/mol. The van der Waals surface area contributed by atoms with Gasteiger partial charge in [0.15, 0.2) is 0 Å². The van der Waals surface area contributed by atoms with Crippen molar-refractivity contribution in [3.05, 3.63) is 90.5 Å². The highest BCUT2D eigenvalue weighted by Gasteiger charge is 2.13. The molecule has 0 saturated heterocycles. The Labute approximate surface area is 184 Å². The summed E-state index contributed by atoms with van der Waals surface area (Å²) >= 11 is 7.03. The van der Waals surface area contributed by atoms with Crippen LogP contribution in [0.2, 0.25) is 0 Å². The lowest BCUT2D eigenvalue weighted by atomic mass is 10.1. The zero-order valence-electron chi connectivity index (χ0n) is 15.3. The first kappa shape index (κ1) is 20.9. The molecular formula is C20H16Br2N4O3. The summed E-state index contributed by atoms with van der Waals surface area (Å²) in [4.78, 5) is 14.4. The summed E-state index contributed by atoms with van der Waals surface area (Å²) in [7, 11) is 0. The molecule has 0 radical (unpaired) electrons. The lowest BCUT2D eigenvalue weighted by Gasteiger charge is -2.11. The summed E-state index contributed by atoms with van der Waals surface area (Å²) < 4.78 is 7.45. The molecule has 1 heterocycles. The van der Waals surface area contributed by atoms with Gasteiger partial charge in [-0.05, 0) is 68.1 Å². The van der Waals surface area contributed by atoms with Gasteiger partial charge in [-0.2, -0.15) is 5.10 Å². The molecule has 2 aromatic carbocycles. The highest BCUT2D eigenvalue weighted by atomic mass is 79.9. The van der Waals surface area contributed by atoms with Crippen LogP contribution in [0.4, 0.5) is 11.5 Å². The number of rotatable bonds is 7. The largest absolute Gasteiger partial charge is 0.487 e. The highest BCUT2D eigenvalue weighted by molar-refractivity contribution is 9.11. The van der Waals surface area contributed by atoms with E-state index < -0.39 is 4.92 Å². The van der Waals surface area contributed by atoms with Gasteiger partial charge in [0.25, 0.3) is 0 Å². The van der Waals surface area contributed by atoms with Gasteiger partial charge in [0.2, 0.25) is 5.82 Å². The van der Waals surface area contributed by atoms with Gasteiger partial charge in [0.05, 0.1) is 20.1 Å².